The summed E-state index contributed by atoms with van der Waals surface area (Å²) in [6.07, 6.45) is 3.26. The van der Waals surface area contributed by atoms with Gasteiger partial charge in [-0.25, -0.2) is 9.97 Å². The van der Waals surface area contributed by atoms with E-state index in [9.17, 15) is 4.79 Å². The molecule has 0 spiro atoms. The molecular formula is C15H18N4O2. The monoisotopic (exact) mass is 286 g/mol. The molecule has 0 saturated heterocycles. The topological polar surface area (TPSA) is 67.3 Å². The van der Waals surface area contributed by atoms with Gasteiger partial charge in [0.1, 0.15) is 5.82 Å². The summed E-state index contributed by atoms with van der Waals surface area (Å²) in [4.78, 5) is 21.6. The fourth-order valence-corrected chi connectivity index (χ4v) is 1.75. The van der Waals surface area contributed by atoms with Crippen LogP contribution in [0.5, 0.6) is 5.88 Å². The maximum Gasteiger partial charge on any atom is 0.254 e. The Morgan fingerprint density at radius 2 is 2.10 bits per heavy atom. The average molecular weight is 286 g/mol. The standard InChI is InChI=1S/C15H18N4O2/c1-19(2)15(20)12-4-5-13(18-10-12)17-9-11-6-7-16-14(8-11)21-3/h4-8,10H,9H2,1-3H3,(H,17,18). The summed E-state index contributed by atoms with van der Waals surface area (Å²) < 4.78 is 5.07. The molecule has 6 heteroatoms. The van der Waals surface area contributed by atoms with Crippen LogP contribution < -0.4 is 10.1 Å². The van der Waals surface area contributed by atoms with Crippen molar-refractivity contribution in [2.24, 2.45) is 0 Å². The van der Waals surface area contributed by atoms with Crippen LogP contribution in [-0.4, -0.2) is 42.0 Å². The average Bonchev–Trinajstić information content (AvgIpc) is 2.53. The Kier molecular flexibility index (Phi) is 4.71. The van der Waals surface area contributed by atoms with Crippen molar-refractivity contribution >= 4 is 11.7 Å². The van der Waals surface area contributed by atoms with Crippen LogP contribution in [0, 0.1) is 0 Å². The number of ether oxygens (including phenoxy) is 1. The van der Waals surface area contributed by atoms with Crippen LogP contribution in [0.15, 0.2) is 36.7 Å². The van der Waals surface area contributed by atoms with E-state index < -0.39 is 0 Å². The molecular weight excluding hydrogens is 268 g/mol. The van der Waals surface area contributed by atoms with Crippen LogP contribution in [-0.2, 0) is 6.54 Å². The molecule has 0 radical (unpaired) electrons. The first kappa shape index (κ1) is 14.8. The van der Waals surface area contributed by atoms with Crippen LogP contribution >= 0.6 is 0 Å². The van der Waals surface area contributed by atoms with Gasteiger partial charge in [-0.05, 0) is 23.8 Å². The highest BCUT2D eigenvalue weighted by Gasteiger charge is 2.07. The fourth-order valence-electron chi connectivity index (χ4n) is 1.75. The molecule has 0 fully saturated rings. The molecule has 0 aromatic carbocycles. The number of methoxy groups -OCH3 is 1. The number of hydrogen-bond donors (Lipinski definition) is 1. The van der Waals surface area contributed by atoms with Gasteiger partial charge in [-0.1, -0.05) is 0 Å². The maximum absolute atomic E-state index is 11.8. The smallest absolute Gasteiger partial charge is 0.254 e. The van der Waals surface area contributed by atoms with E-state index in [0.717, 1.165) is 5.56 Å². The summed E-state index contributed by atoms with van der Waals surface area (Å²) >= 11 is 0. The first-order valence-electron chi connectivity index (χ1n) is 6.50. The van der Waals surface area contributed by atoms with E-state index in [4.69, 9.17) is 4.74 Å². The van der Waals surface area contributed by atoms with Gasteiger partial charge in [0, 0.05) is 39.1 Å². The van der Waals surface area contributed by atoms with Crippen LogP contribution in [0.1, 0.15) is 15.9 Å². The van der Waals surface area contributed by atoms with Gasteiger partial charge in [-0.2, -0.15) is 0 Å². The molecule has 1 amide bonds. The Hall–Kier alpha value is -2.63. The van der Waals surface area contributed by atoms with E-state index in [1.165, 1.54) is 4.90 Å². The molecule has 0 unspecified atom stereocenters. The molecule has 0 aliphatic rings. The summed E-state index contributed by atoms with van der Waals surface area (Å²) in [5.41, 5.74) is 1.60. The lowest BCUT2D eigenvalue weighted by atomic mass is 10.2. The molecule has 1 N–H and O–H groups in total. The van der Waals surface area contributed by atoms with Gasteiger partial charge in [-0.15, -0.1) is 0 Å². The number of hydrogen-bond acceptors (Lipinski definition) is 5. The van der Waals surface area contributed by atoms with E-state index >= 15 is 0 Å². The predicted octanol–water partition coefficient (Wildman–Crippen LogP) is 1.80. The Labute approximate surface area is 123 Å². The third-order valence-electron chi connectivity index (χ3n) is 2.90. The summed E-state index contributed by atoms with van der Waals surface area (Å²) in [5.74, 6) is 1.23. The van der Waals surface area contributed by atoms with E-state index in [1.807, 2.05) is 12.1 Å². The lowest BCUT2D eigenvalue weighted by Gasteiger charge is -2.11. The molecule has 21 heavy (non-hydrogen) atoms. The second-order valence-electron chi connectivity index (χ2n) is 4.69. The van der Waals surface area contributed by atoms with Crippen molar-refractivity contribution in [3.63, 3.8) is 0 Å². The Bertz CT molecular complexity index is 611. The summed E-state index contributed by atoms with van der Waals surface area (Å²) in [6, 6.07) is 7.30. The summed E-state index contributed by atoms with van der Waals surface area (Å²) in [7, 11) is 5.01. The van der Waals surface area contributed by atoms with E-state index in [-0.39, 0.29) is 5.91 Å². The van der Waals surface area contributed by atoms with Crippen molar-refractivity contribution in [2.45, 2.75) is 6.54 Å². The minimum atomic E-state index is -0.0621. The molecule has 0 atom stereocenters. The molecule has 0 saturated carbocycles. The summed E-state index contributed by atoms with van der Waals surface area (Å²) in [5, 5.41) is 3.19. The predicted molar refractivity (Wildman–Crippen MR) is 80.4 cm³/mol. The van der Waals surface area contributed by atoms with Gasteiger partial charge >= 0.3 is 0 Å². The van der Waals surface area contributed by atoms with Gasteiger partial charge in [-0.3, -0.25) is 4.79 Å². The molecule has 2 rings (SSSR count). The van der Waals surface area contributed by atoms with Crippen molar-refractivity contribution in [3.8, 4) is 5.88 Å². The van der Waals surface area contributed by atoms with Crippen molar-refractivity contribution in [1.29, 1.82) is 0 Å². The minimum absolute atomic E-state index is 0.0621. The molecule has 2 heterocycles. The largest absolute Gasteiger partial charge is 0.481 e. The summed E-state index contributed by atoms with van der Waals surface area (Å²) in [6.45, 7) is 0.604. The Balaban J connectivity index is 1.99. The third-order valence-corrected chi connectivity index (χ3v) is 2.90. The first-order chi connectivity index (χ1) is 10.1. The van der Waals surface area contributed by atoms with Crippen LogP contribution in [0.25, 0.3) is 0 Å². The van der Waals surface area contributed by atoms with Gasteiger partial charge in [0.15, 0.2) is 0 Å². The number of pyridine rings is 2. The Morgan fingerprint density at radius 1 is 1.29 bits per heavy atom. The zero-order chi connectivity index (χ0) is 15.2. The SMILES string of the molecule is COc1cc(CNc2ccc(C(=O)N(C)C)cn2)ccn1. The van der Waals surface area contributed by atoms with Gasteiger partial charge in [0.05, 0.1) is 12.7 Å². The van der Waals surface area contributed by atoms with Gasteiger partial charge < -0.3 is 15.0 Å². The van der Waals surface area contributed by atoms with E-state index in [0.29, 0.717) is 23.8 Å². The van der Waals surface area contributed by atoms with Crippen molar-refractivity contribution < 1.29 is 9.53 Å². The van der Waals surface area contributed by atoms with Crippen molar-refractivity contribution in [2.75, 3.05) is 26.5 Å². The second kappa shape index (κ2) is 6.69. The molecule has 110 valence electrons. The lowest BCUT2D eigenvalue weighted by Crippen LogP contribution is -2.21. The number of rotatable bonds is 5. The number of nitrogens with one attached hydrogen (secondary N) is 1. The number of nitrogens with zero attached hydrogens (tertiary/aromatic N) is 3. The molecule has 2 aromatic rings. The van der Waals surface area contributed by atoms with E-state index in [1.54, 1.807) is 45.7 Å². The molecule has 0 aliphatic carbocycles. The highest BCUT2D eigenvalue weighted by atomic mass is 16.5. The zero-order valence-electron chi connectivity index (χ0n) is 12.3. The highest BCUT2D eigenvalue weighted by Crippen LogP contribution is 2.11. The van der Waals surface area contributed by atoms with Crippen molar-refractivity contribution in [3.05, 3.63) is 47.8 Å². The third kappa shape index (κ3) is 3.92. The second-order valence-corrected chi connectivity index (χ2v) is 4.69. The molecule has 0 bridgehead atoms. The normalized spacial score (nSPS) is 10.0. The fraction of sp³-hybridized carbons (Fsp3) is 0.267. The first-order valence-corrected chi connectivity index (χ1v) is 6.50. The minimum Gasteiger partial charge on any atom is -0.481 e. The molecule has 0 aliphatic heterocycles. The van der Waals surface area contributed by atoms with Crippen molar-refractivity contribution in [1.82, 2.24) is 14.9 Å². The van der Waals surface area contributed by atoms with Crippen LogP contribution in [0.3, 0.4) is 0 Å². The number of carbonyl (C=O) groups is 1. The van der Waals surface area contributed by atoms with Gasteiger partial charge in [0.2, 0.25) is 5.88 Å². The molecule has 6 nitrogen and oxygen atoms in total. The Morgan fingerprint density at radius 3 is 2.71 bits per heavy atom. The molecule has 2 aromatic heterocycles. The van der Waals surface area contributed by atoms with Gasteiger partial charge in [0.25, 0.3) is 5.91 Å². The van der Waals surface area contributed by atoms with Crippen LogP contribution in [0.2, 0.25) is 0 Å². The number of anilines is 1. The maximum atomic E-state index is 11.8. The highest BCUT2D eigenvalue weighted by molar-refractivity contribution is 5.93. The number of carbonyl (C=O) groups excluding carboxylic acids is 1. The zero-order valence-corrected chi connectivity index (χ0v) is 12.3. The quantitative estimate of drug-likeness (QED) is 0.907. The van der Waals surface area contributed by atoms with E-state index in [2.05, 4.69) is 15.3 Å². The lowest BCUT2D eigenvalue weighted by molar-refractivity contribution is 0.0827. The van der Waals surface area contributed by atoms with Crippen LogP contribution in [0.4, 0.5) is 5.82 Å². The number of aromatic nitrogens is 2. The number of amides is 1.